The van der Waals surface area contributed by atoms with Crippen molar-refractivity contribution in [1.29, 1.82) is 0 Å². The highest BCUT2D eigenvalue weighted by molar-refractivity contribution is 7.92. The van der Waals surface area contributed by atoms with Gasteiger partial charge in [-0.15, -0.1) is 0 Å². The fourth-order valence-corrected chi connectivity index (χ4v) is 5.49. The minimum atomic E-state index is -4.25. The lowest BCUT2D eigenvalue weighted by atomic mass is 10.1. The third-order valence-electron chi connectivity index (χ3n) is 6.17. The van der Waals surface area contributed by atoms with Crippen LogP contribution in [0.15, 0.2) is 83.8 Å². The Labute approximate surface area is 229 Å². The fourth-order valence-electron chi connectivity index (χ4n) is 4.08. The molecule has 0 saturated carbocycles. The summed E-state index contributed by atoms with van der Waals surface area (Å²) in [6, 6.07) is 19.0. The minimum Gasteiger partial charge on any atom is -0.497 e. The monoisotopic (exact) mass is 555 g/mol. The number of hydrogen-bond donors (Lipinski definition) is 1. The first-order chi connectivity index (χ1) is 18.7. The molecular weight excluding hydrogens is 521 g/mol. The molecule has 0 aliphatic rings. The molecule has 0 aliphatic heterocycles. The highest BCUT2D eigenvalue weighted by atomic mass is 32.2. The van der Waals surface area contributed by atoms with Crippen LogP contribution < -0.4 is 14.4 Å². The maximum atomic E-state index is 13.9. The number of amides is 2. The van der Waals surface area contributed by atoms with Crippen molar-refractivity contribution >= 4 is 27.5 Å². The van der Waals surface area contributed by atoms with Crippen molar-refractivity contribution in [2.75, 3.05) is 24.5 Å². The number of halogens is 1. The third kappa shape index (κ3) is 7.57. The Kier molecular flexibility index (Phi) is 10.4. The van der Waals surface area contributed by atoms with Gasteiger partial charge in [-0.1, -0.05) is 44.2 Å². The van der Waals surface area contributed by atoms with E-state index in [-0.39, 0.29) is 23.0 Å². The van der Waals surface area contributed by atoms with Gasteiger partial charge in [0.1, 0.15) is 24.2 Å². The van der Waals surface area contributed by atoms with Crippen molar-refractivity contribution in [1.82, 2.24) is 10.2 Å². The fraction of sp³-hybridized carbons (Fsp3) is 0.310. The van der Waals surface area contributed by atoms with Gasteiger partial charge in [0.05, 0.1) is 17.7 Å². The van der Waals surface area contributed by atoms with Gasteiger partial charge in [0, 0.05) is 13.1 Å². The number of ether oxygens (including phenoxy) is 1. The average molecular weight is 556 g/mol. The summed E-state index contributed by atoms with van der Waals surface area (Å²) in [5.74, 6) is -0.957. The molecule has 2 amide bonds. The zero-order chi connectivity index (χ0) is 28.4. The second-order valence-corrected chi connectivity index (χ2v) is 10.7. The summed E-state index contributed by atoms with van der Waals surface area (Å²) in [6.45, 7) is 3.70. The smallest absolute Gasteiger partial charge is 0.264 e. The van der Waals surface area contributed by atoms with Gasteiger partial charge in [0.15, 0.2) is 0 Å². The molecule has 0 bridgehead atoms. The first kappa shape index (κ1) is 29.6. The lowest BCUT2D eigenvalue weighted by molar-refractivity contribution is -0.140. The second kappa shape index (κ2) is 13.7. The maximum absolute atomic E-state index is 13.9. The number of carbonyl (C=O) groups is 2. The first-order valence-corrected chi connectivity index (χ1v) is 14.2. The lowest BCUT2D eigenvalue weighted by Crippen LogP contribution is -2.52. The minimum absolute atomic E-state index is 0.0669. The molecule has 0 unspecified atom stereocenters. The zero-order valence-electron chi connectivity index (χ0n) is 22.3. The number of sulfonamides is 1. The molecule has 0 heterocycles. The molecule has 0 spiro atoms. The molecule has 0 saturated heterocycles. The van der Waals surface area contributed by atoms with Crippen LogP contribution in [0.2, 0.25) is 0 Å². The quantitative estimate of drug-likeness (QED) is 0.338. The van der Waals surface area contributed by atoms with Gasteiger partial charge >= 0.3 is 0 Å². The lowest BCUT2D eigenvalue weighted by Gasteiger charge is -2.33. The largest absolute Gasteiger partial charge is 0.497 e. The van der Waals surface area contributed by atoms with Crippen LogP contribution in [0.4, 0.5) is 10.1 Å². The predicted octanol–water partition coefficient (Wildman–Crippen LogP) is 4.36. The van der Waals surface area contributed by atoms with Gasteiger partial charge in [0.25, 0.3) is 10.0 Å². The molecule has 1 atom stereocenters. The molecule has 0 aromatic heterocycles. The Balaban J connectivity index is 2.03. The molecule has 8 nitrogen and oxygen atoms in total. The molecule has 208 valence electrons. The molecule has 3 aromatic rings. The standard InChI is InChI=1S/C29H34FN3O5S/c1-4-19-31-29(35)27(5-2)32(20-22-9-7-6-8-10-22)28(34)21-33(24-13-11-23(30)12-14-24)39(36,37)26-17-15-25(38-3)16-18-26/h6-18,27H,4-5,19-21H2,1-3H3,(H,31,35)/t27-/m1/s1. The number of hydrogen-bond acceptors (Lipinski definition) is 5. The van der Waals surface area contributed by atoms with Crippen molar-refractivity contribution < 1.29 is 27.1 Å². The predicted molar refractivity (Wildman–Crippen MR) is 148 cm³/mol. The molecule has 3 rings (SSSR count). The van der Waals surface area contributed by atoms with Crippen molar-refractivity contribution in [3.05, 3.63) is 90.2 Å². The van der Waals surface area contributed by atoms with Crippen molar-refractivity contribution in [3.8, 4) is 5.75 Å². The van der Waals surface area contributed by atoms with E-state index in [9.17, 15) is 22.4 Å². The summed E-state index contributed by atoms with van der Waals surface area (Å²) in [6.07, 6.45) is 1.06. The van der Waals surface area contributed by atoms with E-state index >= 15 is 0 Å². The normalized spacial score (nSPS) is 11.9. The van der Waals surface area contributed by atoms with Crippen LogP contribution in [0.1, 0.15) is 32.3 Å². The van der Waals surface area contributed by atoms with Crippen molar-refractivity contribution in [3.63, 3.8) is 0 Å². The van der Waals surface area contributed by atoms with Gasteiger partial charge in [0.2, 0.25) is 11.8 Å². The number of methoxy groups -OCH3 is 1. The van der Waals surface area contributed by atoms with Gasteiger partial charge in [-0.2, -0.15) is 0 Å². The number of nitrogens with one attached hydrogen (secondary N) is 1. The van der Waals surface area contributed by atoms with Crippen LogP contribution in [-0.4, -0.2) is 51.4 Å². The average Bonchev–Trinajstić information content (AvgIpc) is 2.95. The summed E-state index contributed by atoms with van der Waals surface area (Å²) in [7, 11) is -2.79. The number of rotatable bonds is 13. The molecule has 10 heteroatoms. The van der Waals surface area contributed by atoms with Crippen molar-refractivity contribution in [2.45, 2.75) is 44.2 Å². The van der Waals surface area contributed by atoms with Gasteiger partial charge in [-0.25, -0.2) is 12.8 Å². The number of benzene rings is 3. The van der Waals surface area contributed by atoms with E-state index in [0.717, 1.165) is 28.4 Å². The molecule has 0 fully saturated rings. The van der Waals surface area contributed by atoms with Gasteiger partial charge < -0.3 is 15.0 Å². The summed E-state index contributed by atoms with van der Waals surface area (Å²) < 4.78 is 47.4. The molecule has 3 aromatic carbocycles. The number of carbonyl (C=O) groups excluding carboxylic acids is 2. The maximum Gasteiger partial charge on any atom is 0.264 e. The number of nitrogens with zero attached hydrogens (tertiary/aromatic N) is 2. The first-order valence-electron chi connectivity index (χ1n) is 12.7. The Hall–Kier alpha value is -3.92. The summed E-state index contributed by atoms with van der Waals surface area (Å²) in [5, 5.41) is 2.84. The van der Waals surface area contributed by atoms with Crippen LogP contribution in [0.5, 0.6) is 5.75 Å². The van der Waals surface area contributed by atoms with E-state index in [2.05, 4.69) is 5.32 Å². The molecule has 1 N–H and O–H groups in total. The summed E-state index contributed by atoms with van der Waals surface area (Å²) >= 11 is 0. The second-order valence-electron chi connectivity index (χ2n) is 8.89. The van der Waals surface area contributed by atoms with E-state index in [1.807, 2.05) is 37.3 Å². The molecule has 0 radical (unpaired) electrons. The van der Waals surface area contributed by atoms with E-state index in [0.29, 0.717) is 18.7 Å². The molecule has 0 aliphatic carbocycles. The molecule has 39 heavy (non-hydrogen) atoms. The van der Waals surface area contributed by atoms with Crippen LogP contribution in [0, 0.1) is 5.82 Å². The van der Waals surface area contributed by atoms with Crippen molar-refractivity contribution in [2.24, 2.45) is 0 Å². The Morgan fingerprint density at radius 3 is 2.15 bits per heavy atom. The van der Waals surface area contributed by atoms with Crippen LogP contribution >= 0.6 is 0 Å². The number of anilines is 1. The SMILES string of the molecule is CCCNC(=O)[C@@H](CC)N(Cc1ccccc1)C(=O)CN(c1ccc(F)cc1)S(=O)(=O)c1ccc(OC)cc1. The third-order valence-corrected chi connectivity index (χ3v) is 7.96. The molecular formula is C29H34FN3O5S. The van der Waals surface area contributed by atoms with E-state index in [4.69, 9.17) is 4.74 Å². The summed E-state index contributed by atoms with van der Waals surface area (Å²) in [4.78, 5) is 28.3. The highest BCUT2D eigenvalue weighted by Crippen LogP contribution is 2.26. The van der Waals surface area contributed by atoms with E-state index in [1.165, 1.54) is 48.4 Å². The summed E-state index contributed by atoms with van der Waals surface area (Å²) in [5.41, 5.74) is 0.905. The highest BCUT2D eigenvalue weighted by Gasteiger charge is 2.33. The topological polar surface area (TPSA) is 96.0 Å². The Morgan fingerprint density at radius 2 is 1.59 bits per heavy atom. The van der Waals surface area contributed by atoms with Crippen LogP contribution in [0.3, 0.4) is 0 Å². The Bertz CT molecular complexity index is 1330. The van der Waals surface area contributed by atoms with Crippen LogP contribution in [-0.2, 0) is 26.2 Å². The zero-order valence-corrected chi connectivity index (χ0v) is 23.2. The Morgan fingerprint density at radius 1 is 0.949 bits per heavy atom. The van der Waals surface area contributed by atoms with Gasteiger partial charge in [-0.05, 0) is 66.9 Å². The van der Waals surface area contributed by atoms with E-state index in [1.54, 1.807) is 6.92 Å². The van der Waals surface area contributed by atoms with Crippen LogP contribution in [0.25, 0.3) is 0 Å². The van der Waals surface area contributed by atoms with E-state index < -0.39 is 34.3 Å². The van der Waals surface area contributed by atoms with Gasteiger partial charge in [-0.3, -0.25) is 13.9 Å².